The number of hydrazone groups is 1. The molecule has 2 rings (SSSR count). The van der Waals surface area contributed by atoms with Gasteiger partial charge in [0.2, 0.25) is 0 Å². The lowest BCUT2D eigenvalue weighted by atomic mass is 10.2. The number of halogens is 1. The van der Waals surface area contributed by atoms with Crippen LogP contribution in [-0.4, -0.2) is 6.21 Å². The van der Waals surface area contributed by atoms with Crippen LogP contribution in [0.15, 0.2) is 64.2 Å². The Kier molecular flexibility index (Phi) is 3.72. The van der Waals surface area contributed by atoms with E-state index in [1.54, 1.807) is 6.21 Å². The molecular formula is C13H11BrN2. The van der Waals surface area contributed by atoms with E-state index < -0.39 is 0 Å². The maximum absolute atomic E-state index is 4.15. The number of anilines is 1. The van der Waals surface area contributed by atoms with Crippen LogP contribution < -0.4 is 5.43 Å². The fraction of sp³-hybridized carbons (Fsp3) is 0. The Labute approximate surface area is 103 Å². The molecule has 0 heterocycles. The first-order valence-electron chi connectivity index (χ1n) is 4.94. The van der Waals surface area contributed by atoms with Gasteiger partial charge in [-0.05, 0) is 29.8 Å². The molecule has 0 saturated carbocycles. The van der Waals surface area contributed by atoms with E-state index in [4.69, 9.17) is 0 Å². The van der Waals surface area contributed by atoms with Crippen molar-refractivity contribution in [1.29, 1.82) is 0 Å². The van der Waals surface area contributed by atoms with Crippen molar-refractivity contribution in [2.24, 2.45) is 5.10 Å². The lowest BCUT2D eigenvalue weighted by Gasteiger charge is -1.98. The van der Waals surface area contributed by atoms with Crippen LogP contribution in [-0.2, 0) is 0 Å². The number of nitrogens with zero attached hydrogens (tertiary/aromatic N) is 1. The van der Waals surface area contributed by atoms with Crippen molar-refractivity contribution in [3.63, 3.8) is 0 Å². The van der Waals surface area contributed by atoms with Crippen molar-refractivity contribution in [1.82, 2.24) is 0 Å². The van der Waals surface area contributed by atoms with Gasteiger partial charge in [0.15, 0.2) is 0 Å². The van der Waals surface area contributed by atoms with E-state index in [-0.39, 0.29) is 0 Å². The van der Waals surface area contributed by atoms with E-state index in [0.29, 0.717) is 0 Å². The molecule has 0 aliphatic carbocycles. The lowest BCUT2D eigenvalue weighted by molar-refractivity contribution is 1.35. The molecule has 0 spiro atoms. The molecule has 0 fully saturated rings. The molecule has 2 aromatic carbocycles. The van der Waals surface area contributed by atoms with Crippen LogP contribution in [0.4, 0.5) is 5.69 Å². The molecule has 0 saturated heterocycles. The van der Waals surface area contributed by atoms with E-state index in [2.05, 4.69) is 26.5 Å². The molecule has 0 radical (unpaired) electrons. The number of benzene rings is 2. The van der Waals surface area contributed by atoms with Gasteiger partial charge in [-0.15, -0.1) is 0 Å². The summed E-state index contributed by atoms with van der Waals surface area (Å²) in [4.78, 5) is 0. The van der Waals surface area contributed by atoms with E-state index in [9.17, 15) is 0 Å². The van der Waals surface area contributed by atoms with E-state index in [0.717, 1.165) is 15.7 Å². The van der Waals surface area contributed by atoms with Crippen molar-refractivity contribution < 1.29 is 0 Å². The van der Waals surface area contributed by atoms with Crippen molar-refractivity contribution in [2.75, 3.05) is 5.43 Å². The molecule has 80 valence electrons. The minimum absolute atomic E-state index is 0.982. The predicted octanol–water partition coefficient (Wildman–Crippen LogP) is 3.90. The normalized spacial score (nSPS) is 10.6. The Morgan fingerprint density at radius 3 is 2.31 bits per heavy atom. The van der Waals surface area contributed by atoms with Crippen LogP contribution in [0.3, 0.4) is 0 Å². The maximum Gasteiger partial charge on any atom is 0.0561 e. The van der Waals surface area contributed by atoms with Gasteiger partial charge < -0.3 is 0 Å². The van der Waals surface area contributed by atoms with Crippen LogP contribution >= 0.6 is 15.9 Å². The van der Waals surface area contributed by atoms with Crippen LogP contribution in [0.5, 0.6) is 0 Å². The van der Waals surface area contributed by atoms with Gasteiger partial charge in [0.25, 0.3) is 0 Å². The standard InChI is InChI=1S/C13H11BrN2/c14-12-8-6-11(7-9-12)10-15-16-13-4-2-1-3-5-13/h1-10,16H/b15-10+. The van der Waals surface area contributed by atoms with Crippen molar-refractivity contribution >= 4 is 27.8 Å². The fourth-order valence-corrected chi connectivity index (χ4v) is 1.51. The molecule has 3 heteroatoms. The molecule has 0 atom stereocenters. The molecule has 2 aromatic rings. The number of nitrogens with one attached hydrogen (secondary N) is 1. The second-order valence-corrected chi connectivity index (χ2v) is 4.20. The van der Waals surface area contributed by atoms with Gasteiger partial charge in [0.05, 0.1) is 11.9 Å². The third kappa shape index (κ3) is 3.21. The third-order valence-corrected chi connectivity index (χ3v) is 2.58. The summed E-state index contributed by atoms with van der Waals surface area (Å²) in [6.45, 7) is 0. The number of rotatable bonds is 3. The monoisotopic (exact) mass is 274 g/mol. The zero-order valence-electron chi connectivity index (χ0n) is 8.60. The highest BCUT2D eigenvalue weighted by Crippen LogP contribution is 2.09. The molecule has 16 heavy (non-hydrogen) atoms. The number of hydrogen-bond donors (Lipinski definition) is 1. The summed E-state index contributed by atoms with van der Waals surface area (Å²) in [5, 5.41) is 4.15. The highest BCUT2D eigenvalue weighted by Gasteiger charge is 1.88. The summed E-state index contributed by atoms with van der Waals surface area (Å²) in [5.74, 6) is 0. The van der Waals surface area contributed by atoms with Gasteiger partial charge in [-0.3, -0.25) is 5.43 Å². The summed E-state index contributed by atoms with van der Waals surface area (Å²) in [6.07, 6.45) is 1.79. The minimum atomic E-state index is 0.982. The van der Waals surface area contributed by atoms with Crippen molar-refractivity contribution in [3.05, 3.63) is 64.6 Å². The zero-order valence-corrected chi connectivity index (χ0v) is 10.2. The highest BCUT2D eigenvalue weighted by molar-refractivity contribution is 9.10. The topological polar surface area (TPSA) is 24.4 Å². The highest BCUT2D eigenvalue weighted by atomic mass is 79.9. The van der Waals surface area contributed by atoms with Gasteiger partial charge in [0.1, 0.15) is 0 Å². The third-order valence-electron chi connectivity index (χ3n) is 2.05. The minimum Gasteiger partial charge on any atom is -0.279 e. The molecule has 1 N–H and O–H groups in total. The SMILES string of the molecule is Brc1ccc(/C=N/Nc2ccccc2)cc1. The summed E-state index contributed by atoms with van der Waals surface area (Å²) < 4.78 is 1.07. The summed E-state index contributed by atoms with van der Waals surface area (Å²) in [5.41, 5.74) is 5.01. The summed E-state index contributed by atoms with van der Waals surface area (Å²) in [6, 6.07) is 17.8. The summed E-state index contributed by atoms with van der Waals surface area (Å²) >= 11 is 3.39. The van der Waals surface area contributed by atoms with Gasteiger partial charge in [0, 0.05) is 4.47 Å². The van der Waals surface area contributed by atoms with Crippen LogP contribution in [0.25, 0.3) is 0 Å². The lowest BCUT2D eigenvalue weighted by Crippen LogP contribution is -1.89. The second-order valence-electron chi connectivity index (χ2n) is 3.29. The molecule has 0 unspecified atom stereocenters. The molecule has 0 aliphatic heterocycles. The van der Waals surface area contributed by atoms with Gasteiger partial charge in [-0.2, -0.15) is 5.10 Å². The molecular weight excluding hydrogens is 264 g/mol. The fourth-order valence-electron chi connectivity index (χ4n) is 1.24. The van der Waals surface area contributed by atoms with E-state index in [1.807, 2.05) is 54.6 Å². The van der Waals surface area contributed by atoms with Crippen LogP contribution in [0, 0.1) is 0 Å². The molecule has 0 aliphatic rings. The quantitative estimate of drug-likeness (QED) is 0.667. The Morgan fingerprint density at radius 2 is 1.62 bits per heavy atom. The molecule has 2 nitrogen and oxygen atoms in total. The van der Waals surface area contributed by atoms with Crippen molar-refractivity contribution in [2.45, 2.75) is 0 Å². The Hall–Kier alpha value is -1.61. The average Bonchev–Trinajstić information content (AvgIpc) is 2.33. The molecule has 0 aromatic heterocycles. The van der Waals surface area contributed by atoms with Gasteiger partial charge in [-0.25, -0.2) is 0 Å². The second kappa shape index (κ2) is 5.47. The molecule has 0 amide bonds. The maximum atomic E-state index is 4.15. The zero-order chi connectivity index (χ0) is 11.2. The van der Waals surface area contributed by atoms with Gasteiger partial charge in [-0.1, -0.05) is 46.3 Å². The Bertz CT molecular complexity index is 463. The number of hydrogen-bond acceptors (Lipinski definition) is 2. The van der Waals surface area contributed by atoms with Gasteiger partial charge >= 0.3 is 0 Å². The Balaban J connectivity index is 1.98. The predicted molar refractivity (Wildman–Crippen MR) is 71.8 cm³/mol. The average molecular weight is 275 g/mol. The number of para-hydroxylation sites is 1. The Morgan fingerprint density at radius 1 is 0.938 bits per heavy atom. The largest absolute Gasteiger partial charge is 0.279 e. The van der Waals surface area contributed by atoms with E-state index >= 15 is 0 Å². The molecule has 0 bridgehead atoms. The first-order valence-corrected chi connectivity index (χ1v) is 5.73. The van der Waals surface area contributed by atoms with E-state index in [1.165, 1.54) is 0 Å². The van der Waals surface area contributed by atoms with Crippen LogP contribution in [0.2, 0.25) is 0 Å². The smallest absolute Gasteiger partial charge is 0.0561 e. The summed E-state index contributed by atoms with van der Waals surface area (Å²) in [7, 11) is 0. The van der Waals surface area contributed by atoms with Crippen molar-refractivity contribution in [3.8, 4) is 0 Å². The van der Waals surface area contributed by atoms with Crippen LogP contribution in [0.1, 0.15) is 5.56 Å². The first-order chi connectivity index (χ1) is 7.84. The first kappa shape index (κ1) is 10.9.